The quantitative estimate of drug-likeness (QED) is 0.541. The van der Waals surface area contributed by atoms with Crippen LogP contribution in [0, 0.1) is 5.92 Å². The maximum absolute atomic E-state index is 13.1. The van der Waals surface area contributed by atoms with Crippen LogP contribution in [0.15, 0.2) is 30.4 Å². The largest absolute Gasteiger partial charge is 0.497 e. The minimum atomic E-state index is -0.822. The van der Waals surface area contributed by atoms with Gasteiger partial charge in [-0.3, -0.25) is 4.79 Å². The Morgan fingerprint density at radius 2 is 2.00 bits per heavy atom. The molecule has 2 aliphatic rings. The maximum Gasteiger partial charge on any atom is 0.255 e. The molecule has 1 fully saturated rings. The second-order valence-corrected chi connectivity index (χ2v) is 8.48. The summed E-state index contributed by atoms with van der Waals surface area (Å²) in [5.41, 5.74) is 1.04. The van der Waals surface area contributed by atoms with Crippen molar-refractivity contribution in [1.82, 2.24) is 5.32 Å². The van der Waals surface area contributed by atoms with Crippen LogP contribution in [-0.2, 0) is 14.2 Å². The van der Waals surface area contributed by atoms with Crippen LogP contribution in [0.4, 0.5) is 0 Å². The maximum atomic E-state index is 13.1. The molecule has 1 aromatic carbocycles. The molecule has 0 radical (unpaired) electrons. The van der Waals surface area contributed by atoms with Crippen LogP contribution in [0.25, 0.3) is 6.08 Å². The molecule has 0 aromatic heterocycles. The van der Waals surface area contributed by atoms with Crippen molar-refractivity contribution >= 4 is 12.0 Å². The molecule has 8 nitrogen and oxygen atoms in total. The summed E-state index contributed by atoms with van der Waals surface area (Å²) in [6, 6.07) is 3.45. The molecule has 4 atom stereocenters. The number of ether oxygens (including phenoxy) is 5. The Labute approximate surface area is 189 Å². The van der Waals surface area contributed by atoms with Crippen LogP contribution in [0.5, 0.6) is 11.5 Å². The van der Waals surface area contributed by atoms with E-state index < -0.39 is 18.0 Å². The molecule has 32 heavy (non-hydrogen) atoms. The molecule has 1 amide bonds. The molecule has 2 aliphatic heterocycles. The van der Waals surface area contributed by atoms with E-state index >= 15 is 0 Å². The Balaban J connectivity index is 2.02. The molecule has 2 N–H and O–H groups in total. The molecule has 0 spiro atoms. The summed E-state index contributed by atoms with van der Waals surface area (Å²) in [6.07, 6.45) is 6.14. The number of carbonyl (C=O) groups is 1. The van der Waals surface area contributed by atoms with E-state index in [0.29, 0.717) is 35.6 Å². The molecule has 176 valence electrons. The highest BCUT2D eigenvalue weighted by atomic mass is 16.8. The fourth-order valence-corrected chi connectivity index (χ4v) is 3.83. The highest BCUT2D eigenvalue weighted by molar-refractivity contribution is 6.00. The van der Waals surface area contributed by atoms with Gasteiger partial charge in [-0.05, 0) is 37.8 Å². The molecule has 1 saturated heterocycles. The lowest BCUT2D eigenvalue weighted by molar-refractivity contribution is -0.152. The van der Waals surface area contributed by atoms with Gasteiger partial charge in [-0.25, -0.2) is 0 Å². The SMILES string of the molecule is COCOc1cc(OC)cc2c1C(=O)NC[C@H](C)C=CC(O)C1OC(C)(C)O[C@H]1CC=C2. The van der Waals surface area contributed by atoms with Crippen LogP contribution in [0.1, 0.15) is 43.1 Å². The Kier molecular flexibility index (Phi) is 7.95. The van der Waals surface area contributed by atoms with Crippen LogP contribution >= 0.6 is 0 Å². The fourth-order valence-electron chi connectivity index (χ4n) is 3.83. The molecular formula is C24H33NO7. The average Bonchev–Trinajstić information content (AvgIpc) is 3.07. The lowest BCUT2D eigenvalue weighted by Crippen LogP contribution is -2.34. The zero-order chi connectivity index (χ0) is 23.3. The third-order valence-electron chi connectivity index (χ3n) is 5.35. The van der Waals surface area contributed by atoms with Gasteiger partial charge < -0.3 is 34.1 Å². The number of hydrogen-bond donors (Lipinski definition) is 2. The lowest BCUT2D eigenvalue weighted by atomic mass is 9.99. The number of nitrogens with one attached hydrogen (secondary N) is 1. The van der Waals surface area contributed by atoms with E-state index in [1.807, 2.05) is 39.0 Å². The lowest BCUT2D eigenvalue weighted by Gasteiger charge is -2.21. The van der Waals surface area contributed by atoms with E-state index in [2.05, 4.69) is 5.32 Å². The van der Waals surface area contributed by atoms with E-state index in [0.717, 1.165) is 0 Å². The zero-order valence-corrected chi connectivity index (χ0v) is 19.3. The first-order valence-corrected chi connectivity index (χ1v) is 10.7. The second kappa shape index (κ2) is 10.5. The van der Waals surface area contributed by atoms with Crippen molar-refractivity contribution in [3.05, 3.63) is 41.5 Å². The minimum absolute atomic E-state index is 0.00233. The van der Waals surface area contributed by atoms with Gasteiger partial charge in [0.1, 0.15) is 23.7 Å². The van der Waals surface area contributed by atoms with E-state index in [9.17, 15) is 9.90 Å². The molecule has 0 aliphatic carbocycles. The molecule has 1 aromatic rings. The van der Waals surface area contributed by atoms with Crippen LogP contribution < -0.4 is 14.8 Å². The predicted octanol–water partition coefficient (Wildman–Crippen LogP) is 2.90. The third kappa shape index (κ3) is 5.89. The zero-order valence-electron chi connectivity index (χ0n) is 19.3. The Morgan fingerprint density at radius 1 is 1.22 bits per heavy atom. The first-order chi connectivity index (χ1) is 15.2. The van der Waals surface area contributed by atoms with Gasteiger partial charge in [0.15, 0.2) is 12.6 Å². The van der Waals surface area contributed by atoms with Gasteiger partial charge in [-0.1, -0.05) is 31.2 Å². The Morgan fingerprint density at radius 3 is 2.72 bits per heavy atom. The van der Waals surface area contributed by atoms with Gasteiger partial charge in [0.2, 0.25) is 0 Å². The second-order valence-electron chi connectivity index (χ2n) is 8.48. The Bertz CT molecular complexity index is 864. The van der Waals surface area contributed by atoms with Crippen molar-refractivity contribution in [2.24, 2.45) is 5.92 Å². The summed E-state index contributed by atoms with van der Waals surface area (Å²) in [5, 5.41) is 13.6. The summed E-state index contributed by atoms with van der Waals surface area (Å²) < 4.78 is 28.1. The Hall–Kier alpha value is -2.39. The van der Waals surface area contributed by atoms with Gasteiger partial charge in [0, 0.05) is 19.7 Å². The highest BCUT2D eigenvalue weighted by Gasteiger charge is 2.43. The summed E-state index contributed by atoms with van der Waals surface area (Å²) in [7, 11) is 3.07. The molecule has 2 heterocycles. The van der Waals surface area contributed by atoms with Crippen LogP contribution in [0.3, 0.4) is 0 Å². The number of carbonyl (C=O) groups excluding carboxylic acids is 1. The summed E-state index contributed by atoms with van der Waals surface area (Å²) in [4.78, 5) is 13.1. The van der Waals surface area contributed by atoms with Crippen molar-refractivity contribution in [2.45, 2.75) is 51.3 Å². The number of rotatable bonds is 4. The van der Waals surface area contributed by atoms with E-state index in [1.165, 1.54) is 7.11 Å². The highest BCUT2D eigenvalue weighted by Crippen LogP contribution is 2.34. The van der Waals surface area contributed by atoms with Gasteiger partial charge >= 0.3 is 0 Å². The predicted molar refractivity (Wildman–Crippen MR) is 120 cm³/mol. The topological polar surface area (TPSA) is 95.5 Å². The number of benzene rings is 1. The summed E-state index contributed by atoms with van der Waals surface area (Å²) in [5.74, 6) is -0.146. The third-order valence-corrected chi connectivity index (χ3v) is 5.35. The smallest absolute Gasteiger partial charge is 0.255 e. The monoisotopic (exact) mass is 447 g/mol. The van der Waals surface area contributed by atoms with Crippen molar-refractivity contribution in [2.75, 3.05) is 27.6 Å². The van der Waals surface area contributed by atoms with Crippen molar-refractivity contribution in [3.63, 3.8) is 0 Å². The van der Waals surface area contributed by atoms with Gasteiger partial charge in [0.25, 0.3) is 5.91 Å². The normalized spacial score (nSPS) is 27.8. The molecule has 0 bridgehead atoms. The first-order valence-electron chi connectivity index (χ1n) is 10.7. The summed E-state index contributed by atoms with van der Waals surface area (Å²) in [6.45, 7) is 6.01. The molecule has 3 rings (SSSR count). The number of aliphatic hydroxyl groups is 1. The fraction of sp³-hybridized carbons (Fsp3) is 0.542. The molecule has 2 unspecified atom stereocenters. The standard InChI is InChI=1S/C24H33NO7/c1-15-9-10-18(26)22-19(31-24(2,3)32-22)8-6-7-16-11-17(29-5)12-20(30-14-28-4)21(16)23(27)25-13-15/h6-7,9-12,15,18-19,22,26H,8,13-14H2,1-5H3,(H,25,27)/t15-,18?,19+,22?/m1/s1. The average molecular weight is 448 g/mol. The van der Waals surface area contributed by atoms with E-state index in [1.54, 1.807) is 25.3 Å². The summed E-state index contributed by atoms with van der Waals surface area (Å²) >= 11 is 0. The number of fused-ring (bicyclic) bond motifs is 2. The molecule has 0 saturated carbocycles. The molecular weight excluding hydrogens is 414 g/mol. The first kappa shape index (κ1) is 24.3. The van der Waals surface area contributed by atoms with Gasteiger partial charge in [-0.15, -0.1) is 0 Å². The van der Waals surface area contributed by atoms with Crippen molar-refractivity contribution < 1.29 is 33.6 Å². The van der Waals surface area contributed by atoms with Crippen molar-refractivity contribution in [1.29, 1.82) is 0 Å². The number of amides is 1. The van der Waals surface area contributed by atoms with Crippen LogP contribution in [-0.4, -0.2) is 62.7 Å². The van der Waals surface area contributed by atoms with Gasteiger partial charge in [-0.2, -0.15) is 0 Å². The van der Waals surface area contributed by atoms with E-state index in [-0.39, 0.29) is 24.7 Å². The number of hydrogen-bond acceptors (Lipinski definition) is 7. The number of methoxy groups -OCH3 is 2. The number of aliphatic hydroxyl groups excluding tert-OH is 1. The van der Waals surface area contributed by atoms with E-state index in [4.69, 9.17) is 23.7 Å². The minimum Gasteiger partial charge on any atom is -0.497 e. The van der Waals surface area contributed by atoms with Crippen LogP contribution in [0.2, 0.25) is 0 Å². The van der Waals surface area contributed by atoms with Gasteiger partial charge in [0.05, 0.1) is 18.8 Å². The van der Waals surface area contributed by atoms with Crippen molar-refractivity contribution in [3.8, 4) is 11.5 Å². The molecule has 8 heteroatoms.